The summed E-state index contributed by atoms with van der Waals surface area (Å²) in [7, 11) is 0. The maximum Gasteiger partial charge on any atom is 0.277 e. The fraction of sp³-hybridized carbons (Fsp3) is 0.118. The molecule has 24 heavy (non-hydrogen) atoms. The summed E-state index contributed by atoms with van der Waals surface area (Å²) in [5.41, 5.74) is 0.779. The molecule has 7 heteroatoms. The van der Waals surface area contributed by atoms with E-state index in [1.807, 2.05) is 0 Å². The molecule has 0 saturated heterocycles. The predicted molar refractivity (Wildman–Crippen MR) is 90.8 cm³/mol. The number of carbonyl (C=O) groups is 1. The number of halogens is 2. The molecule has 0 aliphatic heterocycles. The molecule has 0 unspecified atom stereocenters. The minimum absolute atomic E-state index is 0.0812. The van der Waals surface area contributed by atoms with Crippen LogP contribution in [0.25, 0.3) is 11.5 Å². The van der Waals surface area contributed by atoms with Crippen LogP contribution >= 0.6 is 23.4 Å². The summed E-state index contributed by atoms with van der Waals surface area (Å²) < 4.78 is 19.2. The highest BCUT2D eigenvalue weighted by Gasteiger charge is 2.20. The van der Waals surface area contributed by atoms with Gasteiger partial charge in [-0.1, -0.05) is 35.5 Å². The van der Waals surface area contributed by atoms with Crippen LogP contribution in [0.3, 0.4) is 0 Å². The van der Waals surface area contributed by atoms with Gasteiger partial charge in [0.15, 0.2) is 5.78 Å². The summed E-state index contributed by atoms with van der Waals surface area (Å²) in [6.45, 7) is 1.74. The largest absolute Gasteiger partial charge is 0.411 e. The zero-order valence-electron chi connectivity index (χ0n) is 12.6. The summed E-state index contributed by atoms with van der Waals surface area (Å²) in [5, 5.41) is 8.06. The maximum absolute atomic E-state index is 13.7. The molecule has 0 bridgehead atoms. The summed E-state index contributed by atoms with van der Waals surface area (Å²) in [4.78, 5) is 12.4. The van der Waals surface area contributed by atoms with Crippen molar-refractivity contribution >= 4 is 29.1 Å². The van der Waals surface area contributed by atoms with Crippen molar-refractivity contribution < 1.29 is 13.6 Å². The number of carbonyl (C=O) groups excluding carboxylic acids is 1. The molecule has 1 atom stereocenters. The monoisotopic (exact) mass is 362 g/mol. The Labute approximate surface area is 147 Å². The lowest BCUT2D eigenvalue weighted by Gasteiger charge is -2.07. The molecule has 122 valence electrons. The van der Waals surface area contributed by atoms with Crippen molar-refractivity contribution in [3.05, 3.63) is 64.9 Å². The fourth-order valence-corrected chi connectivity index (χ4v) is 2.94. The molecule has 0 spiro atoms. The van der Waals surface area contributed by atoms with E-state index in [4.69, 9.17) is 16.0 Å². The molecule has 0 fully saturated rings. The van der Waals surface area contributed by atoms with Gasteiger partial charge in [0.05, 0.1) is 10.8 Å². The van der Waals surface area contributed by atoms with Crippen LogP contribution in [0, 0.1) is 5.82 Å². The molecule has 0 aliphatic rings. The molecule has 0 saturated carbocycles. The number of nitrogens with zero attached hydrogens (tertiary/aromatic N) is 2. The molecule has 1 aromatic heterocycles. The quantitative estimate of drug-likeness (QED) is 0.477. The van der Waals surface area contributed by atoms with Gasteiger partial charge in [-0.3, -0.25) is 4.79 Å². The Morgan fingerprint density at radius 3 is 2.58 bits per heavy atom. The zero-order chi connectivity index (χ0) is 17.1. The van der Waals surface area contributed by atoms with E-state index in [2.05, 4.69) is 10.2 Å². The van der Waals surface area contributed by atoms with Crippen molar-refractivity contribution in [3.63, 3.8) is 0 Å². The van der Waals surface area contributed by atoms with Crippen LogP contribution in [0.1, 0.15) is 17.3 Å². The third kappa shape index (κ3) is 3.66. The van der Waals surface area contributed by atoms with Crippen LogP contribution in [0.15, 0.2) is 58.2 Å². The van der Waals surface area contributed by atoms with Gasteiger partial charge in [-0.15, -0.1) is 10.2 Å². The number of hydrogen-bond donors (Lipinski definition) is 0. The summed E-state index contributed by atoms with van der Waals surface area (Å²) >= 11 is 6.95. The highest BCUT2D eigenvalue weighted by molar-refractivity contribution is 8.00. The molecule has 2 aromatic carbocycles. The predicted octanol–water partition coefficient (Wildman–Crippen LogP) is 4.89. The molecule has 3 rings (SSSR count). The molecule has 4 nitrogen and oxygen atoms in total. The highest BCUT2D eigenvalue weighted by atomic mass is 35.5. The van der Waals surface area contributed by atoms with Gasteiger partial charge in [0, 0.05) is 10.6 Å². The topological polar surface area (TPSA) is 56.0 Å². The van der Waals surface area contributed by atoms with Crippen LogP contribution in [-0.2, 0) is 0 Å². The van der Waals surface area contributed by atoms with E-state index in [1.54, 1.807) is 49.4 Å². The lowest BCUT2D eigenvalue weighted by atomic mass is 10.1. The first-order valence-corrected chi connectivity index (χ1v) is 8.35. The number of rotatable bonds is 5. The van der Waals surface area contributed by atoms with E-state index in [0.717, 1.165) is 11.8 Å². The first-order valence-electron chi connectivity index (χ1n) is 7.09. The molecular weight excluding hydrogens is 351 g/mol. The van der Waals surface area contributed by atoms with Crippen LogP contribution in [-0.4, -0.2) is 21.2 Å². The third-order valence-electron chi connectivity index (χ3n) is 3.29. The molecule has 1 heterocycles. The summed E-state index contributed by atoms with van der Waals surface area (Å²) in [6.07, 6.45) is 0. The van der Waals surface area contributed by atoms with Gasteiger partial charge in [-0.05, 0) is 43.3 Å². The number of hydrogen-bond acceptors (Lipinski definition) is 5. The molecular formula is C17H12ClFN2O2S. The maximum atomic E-state index is 13.7. The molecule has 0 aliphatic carbocycles. The number of aromatic nitrogens is 2. The Kier molecular flexibility index (Phi) is 4.97. The number of ketones is 1. The van der Waals surface area contributed by atoms with Crippen molar-refractivity contribution in [2.24, 2.45) is 0 Å². The van der Waals surface area contributed by atoms with Gasteiger partial charge in [-0.2, -0.15) is 0 Å². The van der Waals surface area contributed by atoms with Gasteiger partial charge in [0.2, 0.25) is 0 Å². The second-order valence-corrected chi connectivity index (χ2v) is 6.71. The van der Waals surface area contributed by atoms with E-state index < -0.39 is 11.1 Å². The average molecular weight is 363 g/mol. The molecule has 0 amide bonds. The van der Waals surface area contributed by atoms with Crippen LogP contribution in [0.2, 0.25) is 5.02 Å². The van der Waals surface area contributed by atoms with Crippen molar-refractivity contribution in [1.29, 1.82) is 0 Å². The minimum Gasteiger partial charge on any atom is -0.411 e. The van der Waals surface area contributed by atoms with Crippen LogP contribution in [0.5, 0.6) is 0 Å². The van der Waals surface area contributed by atoms with E-state index in [-0.39, 0.29) is 22.5 Å². The smallest absolute Gasteiger partial charge is 0.277 e. The Morgan fingerprint density at radius 2 is 1.88 bits per heavy atom. The SMILES string of the molecule is C[C@@H](Sc1nnc(-c2ccccc2F)o1)C(=O)c1ccc(Cl)cc1. The standard InChI is InChI=1S/C17H12ClFN2O2S/c1-10(15(22)11-6-8-12(18)9-7-11)24-17-21-20-16(23-17)13-4-2-3-5-14(13)19/h2-10H,1H3/t10-/m1/s1. The highest BCUT2D eigenvalue weighted by Crippen LogP contribution is 2.28. The van der Waals surface area contributed by atoms with Crippen LogP contribution < -0.4 is 0 Å². The molecule has 3 aromatic rings. The first-order chi connectivity index (χ1) is 11.5. The second-order valence-electron chi connectivity index (χ2n) is 4.98. The van der Waals surface area contributed by atoms with Gasteiger partial charge in [0.1, 0.15) is 5.82 Å². The summed E-state index contributed by atoms with van der Waals surface area (Å²) in [6, 6.07) is 12.8. The second kappa shape index (κ2) is 7.15. The zero-order valence-corrected chi connectivity index (χ0v) is 14.1. The number of thioether (sulfide) groups is 1. The third-order valence-corrected chi connectivity index (χ3v) is 4.47. The number of Topliss-reactive ketones (excluding diaryl/α,β-unsaturated/α-hetero) is 1. The lowest BCUT2D eigenvalue weighted by Crippen LogP contribution is -2.13. The van der Waals surface area contributed by atoms with Crippen molar-refractivity contribution in [3.8, 4) is 11.5 Å². The van der Waals surface area contributed by atoms with Gasteiger partial charge >= 0.3 is 0 Å². The van der Waals surface area contributed by atoms with E-state index >= 15 is 0 Å². The van der Waals surface area contributed by atoms with E-state index in [0.29, 0.717) is 10.6 Å². The Bertz CT molecular complexity index is 867. The normalized spacial score (nSPS) is 12.1. The fourth-order valence-electron chi connectivity index (χ4n) is 2.05. The Morgan fingerprint density at radius 1 is 1.17 bits per heavy atom. The Hall–Kier alpha value is -2.18. The average Bonchev–Trinajstić information content (AvgIpc) is 3.03. The first kappa shape index (κ1) is 16.7. The molecule has 0 radical (unpaired) electrons. The van der Waals surface area contributed by atoms with Gasteiger partial charge in [-0.25, -0.2) is 4.39 Å². The van der Waals surface area contributed by atoms with Gasteiger partial charge < -0.3 is 4.42 Å². The lowest BCUT2D eigenvalue weighted by molar-refractivity contribution is 0.0993. The summed E-state index contributed by atoms with van der Waals surface area (Å²) in [5.74, 6) is -0.438. The van der Waals surface area contributed by atoms with Crippen molar-refractivity contribution in [2.75, 3.05) is 0 Å². The minimum atomic E-state index is -0.442. The molecule has 0 N–H and O–H groups in total. The van der Waals surface area contributed by atoms with Crippen LogP contribution in [0.4, 0.5) is 4.39 Å². The van der Waals surface area contributed by atoms with E-state index in [1.165, 1.54) is 6.07 Å². The number of benzene rings is 2. The van der Waals surface area contributed by atoms with E-state index in [9.17, 15) is 9.18 Å². The Balaban J connectivity index is 1.73. The van der Waals surface area contributed by atoms with Crippen molar-refractivity contribution in [1.82, 2.24) is 10.2 Å². The van der Waals surface area contributed by atoms with Crippen molar-refractivity contribution in [2.45, 2.75) is 17.4 Å². The van der Waals surface area contributed by atoms with Gasteiger partial charge in [0.25, 0.3) is 11.1 Å².